The second-order valence-electron chi connectivity index (χ2n) is 8.94. The van der Waals surface area contributed by atoms with Crippen LogP contribution >= 0.6 is 0 Å². The molecule has 1 aliphatic heterocycles. The summed E-state index contributed by atoms with van der Waals surface area (Å²) in [4.78, 5) is 15.2. The van der Waals surface area contributed by atoms with Crippen molar-refractivity contribution in [3.05, 3.63) is 77.9 Å². The van der Waals surface area contributed by atoms with Crippen LogP contribution in [0.4, 0.5) is 5.69 Å². The number of carbonyl (C=O) groups excluding carboxylic acids is 1. The van der Waals surface area contributed by atoms with E-state index in [1.165, 1.54) is 21.9 Å². The number of hydrogen-bond acceptors (Lipinski definition) is 3. The van der Waals surface area contributed by atoms with Crippen molar-refractivity contribution >= 4 is 22.4 Å². The maximum absolute atomic E-state index is 12.6. The zero-order chi connectivity index (χ0) is 21.3. The second-order valence-corrected chi connectivity index (χ2v) is 8.94. The second kappa shape index (κ2) is 8.17. The molecule has 0 aromatic heterocycles. The van der Waals surface area contributed by atoms with Gasteiger partial charge in [-0.05, 0) is 59.7 Å². The van der Waals surface area contributed by atoms with E-state index >= 15 is 0 Å². The van der Waals surface area contributed by atoms with Crippen molar-refractivity contribution in [2.24, 2.45) is 5.41 Å². The lowest BCUT2D eigenvalue weighted by molar-refractivity contribution is -0.118. The third-order valence-corrected chi connectivity index (χ3v) is 7.06. The Morgan fingerprint density at radius 2 is 1.77 bits per heavy atom. The number of para-hydroxylation sites is 1. The normalized spacial score (nSPS) is 20.2. The number of anilines is 1. The monoisotopic (exact) mass is 409 g/mol. The van der Waals surface area contributed by atoms with Gasteiger partial charge in [-0.1, -0.05) is 54.6 Å². The Morgan fingerprint density at radius 1 is 1.03 bits per heavy atom. The summed E-state index contributed by atoms with van der Waals surface area (Å²) in [5.74, 6) is -0.0717. The highest BCUT2D eigenvalue weighted by molar-refractivity contribution is 5.91. The number of nitriles is 1. The third-order valence-electron chi connectivity index (χ3n) is 7.06. The molecule has 1 heterocycles. The first-order chi connectivity index (χ1) is 15.2. The van der Waals surface area contributed by atoms with Crippen LogP contribution in [0.3, 0.4) is 0 Å². The predicted molar refractivity (Wildman–Crippen MR) is 124 cm³/mol. The summed E-state index contributed by atoms with van der Waals surface area (Å²) in [5, 5.41) is 15.6. The number of nitrogens with zero attached hydrogens (tertiary/aromatic N) is 2. The van der Waals surface area contributed by atoms with E-state index in [-0.39, 0.29) is 12.3 Å². The van der Waals surface area contributed by atoms with E-state index in [0.29, 0.717) is 6.04 Å². The van der Waals surface area contributed by atoms with Crippen LogP contribution < -0.4 is 5.32 Å². The SMILES string of the molecule is N#CC1(CC(=O)Nc2ccccc2)CCN(C2CCc3cccc4cccc2c34)CC1. The number of rotatable bonds is 4. The molecule has 1 saturated heterocycles. The standard InChI is InChI=1S/C27H27N3O/c28-19-27(18-25(31)29-22-9-2-1-3-10-22)14-16-30(17-15-27)24-13-12-21-7-4-6-20-8-5-11-23(24)26(20)21/h1-11,24H,12-18H2,(H,29,31). The van der Waals surface area contributed by atoms with Gasteiger partial charge < -0.3 is 5.32 Å². The molecule has 0 bridgehead atoms. The Kier molecular flexibility index (Phi) is 5.21. The third kappa shape index (κ3) is 3.82. The Balaban J connectivity index is 1.29. The Bertz CT molecular complexity index is 1130. The first-order valence-corrected chi connectivity index (χ1v) is 11.2. The van der Waals surface area contributed by atoms with Gasteiger partial charge in [-0.15, -0.1) is 0 Å². The average molecular weight is 410 g/mol. The molecule has 4 heteroatoms. The predicted octanol–water partition coefficient (Wildman–Crippen LogP) is 5.46. The van der Waals surface area contributed by atoms with E-state index in [9.17, 15) is 10.1 Å². The molecule has 0 saturated carbocycles. The van der Waals surface area contributed by atoms with E-state index in [0.717, 1.165) is 44.5 Å². The summed E-state index contributed by atoms with van der Waals surface area (Å²) >= 11 is 0. The first-order valence-electron chi connectivity index (χ1n) is 11.2. The lowest BCUT2D eigenvalue weighted by atomic mass is 9.75. The molecule has 1 fully saturated rings. The van der Waals surface area contributed by atoms with Gasteiger partial charge in [0.25, 0.3) is 0 Å². The van der Waals surface area contributed by atoms with Gasteiger partial charge >= 0.3 is 0 Å². The number of hydrogen-bond donors (Lipinski definition) is 1. The van der Waals surface area contributed by atoms with Crippen molar-refractivity contribution < 1.29 is 4.79 Å². The van der Waals surface area contributed by atoms with Crippen molar-refractivity contribution in [2.75, 3.05) is 18.4 Å². The minimum absolute atomic E-state index is 0.0717. The summed E-state index contributed by atoms with van der Waals surface area (Å²) in [6.07, 6.45) is 3.94. The van der Waals surface area contributed by atoms with Crippen molar-refractivity contribution in [1.29, 1.82) is 5.26 Å². The van der Waals surface area contributed by atoms with E-state index in [4.69, 9.17) is 0 Å². The van der Waals surface area contributed by atoms with Crippen LogP contribution in [-0.2, 0) is 11.2 Å². The van der Waals surface area contributed by atoms with Gasteiger partial charge in [0.2, 0.25) is 5.91 Å². The number of carbonyl (C=O) groups is 1. The molecular weight excluding hydrogens is 382 g/mol. The van der Waals surface area contributed by atoms with Gasteiger partial charge in [0.15, 0.2) is 0 Å². The van der Waals surface area contributed by atoms with Crippen molar-refractivity contribution in [1.82, 2.24) is 4.90 Å². The Hall–Kier alpha value is -3.16. The molecule has 3 aromatic carbocycles. The number of amides is 1. The molecule has 5 rings (SSSR count). The van der Waals surface area contributed by atoms with Gasteiger partial charge in [-0.2, -0.15) is 5.26 Å². The largest absolute Gasteiger partial charge is 0.326 e. The Morgan fingerprint density at radius 3 is 2.52 bits per heavy atom. The van der Waals surface area contributed by atoms with Crippen LogP contribution in [-0.4, -0.2) is 23.9 Å². The van der Waals surface area contributed by atoms with Crippen LogP contribution in [0, 0.1) is 16.7 Å². The topological polar surface area (TPSA) is 56.1 Å². The molecule has 0 radical (unpaired) electrons. The first kappa shape index (κ1) is 19.8. The quantitative estimate of drug-likeness (QED) is 0.622. The summed E-state index contributed by atoms with van der Waals surface area (Å²) in [6.45, 7) is 1.71. The van der Waals surface area contributed by atoms with Gasteiger partial charge in [-0.3, -0.25) is 9.69 Å². The average Bonchev–Trinajstić information content (AvgIpc) is 2.81. The summed E-state index contributed by atoms with van der Waals surface area (Å²) in [6, 6.07) is 25.6. The zero-order valence-corrected chi connectivity index (χ0v) is 17.7. The number of aryl methyl sites for hydroxylation is 1. The molecule has 1 N–H and O–H groups in total. The molecule has 0 spiro atoms. The molecular formula is C27H27N3O. The molecule has 3 aromatic rings. The zero-order valence-electron chi connectivity index (χ0n) is 17.7. The Labute approximate surface area is 183 Å². The molecule has 1 unspecified atom stereocenters. The van der Waals surface area contributed by atoms with Gasteiger partial charge in [0.05, 0.1) is 11.5 Å². The molecule has 1 aliphatic carbocycles. The molecule has 1 atom stereocenters. The fourth-order valence-electron chi connectivity index (χ4n) is 5.39. The summed E-state index contributed by atoms with van der Waals surface area (Å²) < 4.78 is 0. The van der Waals surface area contributed by atoms with Crippen LogP contribution in [0.5, 0.6) is 0 Å². The molecule has 2 aliphatic rings. The highest BCUT2D eigenvalue weighted by atomic mass is 16.1. The van der Waals surface area contributed by atoms with Gasteiger partial charge in [0, 0.05) is 31.2 Å². The number of likely N-dealkylation sites (tertiary alicyclic amines) is 1. The lowest BCUT2D eigenvalue weighted by Crippen LogP contribution is -2.43. The minimum atomic E-state index is -0.575. The molecule has 31 heavy (non-hydrogen) atoms. The van der Waals surface area contributed by atoms with Crippen LogP contribution in [0.1, 0.15) is 42.9 Å². The fourth-order valence-corrected chi connectivity index (χ4v) is 5.39. The highest BCUT2D eigenvalue weighted by Crippen LogP contribution is 2.42. The smallest absolute Gasteiger partial charge is 0.225 e. The highest BCUT2D eigenvalue weighted by Gasteiger charge is 2.39. The van der Waals surface area contributed by atoms with E-state index in [2.05, 4.69) is 52.7 Å². The van der Waals surface area contributed by atoms with E-state index in [1.54, 1.807) is 0 Å². The molecule has 156 valence electrons. The summed E-state index contributed by atoms with van der Waals surface area (Å²) in [7, 11) is 0. The number of benzene rings is 3. The maximum atomic E-state index is 12.6. The van der Waals surface area contributed by atoms with Gasteiger partial charge in [0.1, 0.15) is 0 Å². The van der Waals surface area contributed by atoms with E-state index < -0.39 is 5.41 Å². The minimum Gasteiger partial charge on any atom is -0.326 e. The van der Waals surface area contributed by atoms with Crippen molar-refractivity contribution in [3.63, 3.8) is 0 Å². The van der Waals surface area contributed by atoms with Crippen LogP contribution in [0.15, 0.2) is 66.7 Å². The molecule has 4 nitrogen and oxygen atoms in total. The maximum Gasteiger partial charge on any atom is 0.225 e. The number of nitrogens with one attached hydrogen (secondary N) is 1. The fraction of sp³-hybridized carbons (Fsp3) is 0.333. The molecule has 1 amide bonds. The van der Waals surface area contributed by atoms with Gasteiger partial charge in [-0.25, -0.2) is 0 Å². The van der Waals surface area contributed by atoms with Crippen LogP contribution in [0.2, 0.25) is 0 Å². The lowest BCUT2D eigenvalue weighted by Gasteiger charge is -2.42. The van der Waals surface area contributed by atoms with Crippen molar-refractivity contribution in [3.8, 4) is 6.07 Å². The summed E-state index contributed by atoms with van der Waals surface area (Å²) in [5.41, 5.74) is 3.08. The van der Waals surface area contributed by atoms with Crippen molar-refractivity contribution in [2.45, 2.75) is 38.1 Å². The van der Waals surface area contributed by atoms with E-state index in [1.807, 2.05) is 30.3 Å². The van der Waals surface area contributed by atoms with Crippen LogP contribution in [0.25, 0.3) is 10.8 Å². The number of piperidine rings is 1.